The van der Waals surface area contributed by atoms with E-state index >= 15 is 0 Å². The molecule has 1 heterocycles. The zero-order chi connectivity index (χ0) is 25.9. The summed E-state index contributed by atoms with van der Waals surface area (Å²) >= 11 is 1.47. The first-order chi connectivity index (χ1) is 17.2. The number of hydrogen-bond donors (Lipinski definition) is 4. The second-order valence-electron chi connectivity index (χ2n) is 11.0. The minimum atomic E-state index is -0.674. The summed E-state index contributed by atoms with van der Waals surface area (Å²) in [5.74, 6) is -0.328. The summed E-state index contributed by atoms with van der Waals surface area (Å²) in [4.78, 5) is 31.6. The predicted molar refractivity (Wildman–Crippen MR) is 143 cm³/mol. The van der Waals surface area contributed by atoms with Gasteiger partial charge in [0.05, 0.1) is 18.4 Å². The lowest BCUT2D eigenvalue weighted by Crippen LogP contribution is -2.57. The Hall–Kier alpha value is -2.29. The van der Waals surface area contributed by atoms with E-state index in [1.54, 1.807) is 0 Å². The van der Waals surface area contributed by atoms with Crippen molar-refractivity contribution in [3.05, 3.63) is 40.9 Å². The summed E-state index contributed by atoms with van der Waals surface area (Å²) in [5.41, 5.74) is 0.626. The van der Waals surface area contributed by atoms with Crippen LogP contribution in [0, 0.1) is 16.7 Å². The Balaban J connectivity index is 1.65. The quantitative estimate of drug-likeness (QED) is 0.348. The first-order valence-corrected chi connectivity index (χ1v) is 14.0. The molecule has 7 nitrogen and oxygen atoms in total. The first kappa shape index (κ1) is 26.8. The zero-order valence-corrected chi connectivity index (χ0v) is 22.4. The molecule has 1 fully saturated rings. The lowest BCUT2D eigenvalue weighted by molar-refractivity contribution is -0.143. The minimum Gasteiger partial charge on any atom is -0.396 e. The molecule has 4 rings (SSSR count). The molecule has 5 atom stereocenters. The molecule has 36 heavy (non-hydrogen) atoms. The Kier molecular flexibility index (Phi) is 8.17. The summed E-state index contributed by atoms with van der Waals surface area (Å²) in [7, 11) is 0. The molecule has 0 bridgehead atoms. The van der Waals surface area contributed by atoms with Gasteiger partial charge in [0, 0.05) is 34.7 Å². The topological polar surface area (TPSA) is 112 Å². The molecule has 0 radical (unpaired) electrons. The van der Waals surface area contributed by atoms with Gasteiger partial charge < -0.3 is 20.8 Å². The van der Waals surface area contributed by atoms with Crippen LogP contribution in [0.5, 0.6) is 0 Å². The SMILES string of the molecule is CCCCCC(=O)Nc1nc2c(s1)CC1C(C)(CO)C(O)CCC1(C)C2CC(=O)Nc1ccccc1. The number of aliphatic hydroxyl groups is 2. The normalized spacial score (nSPS) is 29.2. The fourth-order valence-corrected chi connectivity index (χ4v) is 7.42. The highest BCUT2D eigenvalue weighted by Gasteiger charge is 2.59. The van der Waals surface area contributed by atoms with E-state index in [0.717, 1.165) is 41.9 Å². The van der Waals surface area contributed by atoms with Gasteiger partial charge in [0.15, 0.2) is 5.13 Å². The minimum absolute atomic E-state index is 0.0191. The van der Waals surface area contributed by atoms with Gasteiger partial charge in [-0.3, -0.25) is 9.59 Å². The number of aliphatic hydroxyl groups excluding tert-OH is 2. The highest BCUT2D eigenvalue weighted by atomic mass is 32.1. The van der Waals surface area contributed by atoms with Gasteiger partial charge in [-0.25, -0.2) is 4.98 Å². The molecular weight excluding hydrogens is 474 g/mol. The van der Waals surface area contributed by atoms with E-state index in [-0.39, 0.29) is 42.1 Å². The summed E-state index contributed by atoms with van der Waals surface area (Å²) in [5, 5.41) is 27.9. The number of fused-ring (bicyclic) bond motifs is 2. The third kappa shape index (κ3) is 5.22. The molecule has 2 aliphatic carbocycles. The predicted octanol–water partition coefficient (Wildman–Crippen LogP) is 5.11. The highest BCUT2D eigenvalue weighted by Crippen LogP contribution is 2.62. The van der Waals surface area contributed by atoms with E-state index in [0.29, 0.717) is 24.4 Å². The van der Waals surface area contributed by atoms with Gasteiger partial charge in [0.25, 0.3) is 0 Å². The van der Waals surface area contributed by atoms with Crippen molar-refractivity contribution >= 4 is 34.0 Å². The molecular formula is C28H39N3O4S. The number of unbranched alkanes of at least 4 members (excludes halogenated alkanes) is 2. The number of aromatic nitrogens is 1. The maximum atomic E-state index is 13.2. The molecule has 0 saturated heterocycles. The molecule has 0 aliphatic heterocycles. The molecule has 2 aromatic rings. The van der Waals surface area contributed by atoms with Crippen LogP contribution in [-0.2, 0) is 16.0 Å². The number of carbonyl (C=O) groups is 2. The molecule has 1 aromatic heterocycles. The summed E-state index contributed by atoms with van der Waals surface area (Å²) in [6.45, 7) is 6.14. The van der Waals surface area contributed by atoms with Crippen LogP contribution >= 0.6 is 11.3 Å². The van der Waals surface area contributed by atoms with E-state index in [1.165, 1.54) is 11.3 Å². The summed E-state index contributed by atoms with van der Waals surface area (Å²) in [6, 6.07) is 9.41. The molecule has 1 aromatic carbocycles. The number of thiazole rings is 1. The van der Waals surface area contributed by atoms with Crippen molar-refractivity contribution in [3.8, 4) is 0 Å². The van der Waals surface area contributed by atoms with Crippen molar-refractivity contribution in [2.45, 2.75) is 84.2 Å². The van der Waals surface area contributed by atoms with Crippen molar-refractivity contribution in [1.82, 2.24) is 4.98 Å². The molecule has 5 unspecified atom stereocenters. The summed E-state index contributed by atoms with van der Waals surface area (Å²) in [6.07, 6.45) is 5.02. The van der Waals surface area contributed by atoms with Gasteiger partial charge in [-0.2, -0.15) is 0 Å². The van der Waals surface area contributed by atoms with Gasteiger partial charge in [-0.1, -0.05) is 51.8 Å². The Morgan fingerprint density at radius 1 is 1.14 bits per heavy atom. The number of rotatable bonds is 9. The van der Waals surface area contributed by atoms with E-state index < -0.39 is 11.5 Å². The molecule has 196 valence electrons. The van der Waals surface area contributed by atoms with Crippen LogP contribution in [0.15, 0.2) is 30.3 Å². The molecule has 1 saturated carbocycles. The number of anilines is 2. The van der Waals surface area contributed by atoms with Crippen molar-refractivity contribution in [2.75, 3.05) is 17.2 Å². The van der Waals surface area contributed by atoms with Crippen LogP contribution in [0.25, 0.3) is 0 Å². The average Bonchev–Trinajstić information content (AvgIpc) is 3.25. The van der Waals surface area contributed by atoms with Gasteiger partial charge in [0.1, 0.15) is 0 Å². The van der Waals surface area contributed by atoms with Gasteiger partial charge in [-0.05, 0) is 49.1 Å². The van der Waals surface area contributed by atoms with Crippen LogP contribution in [0.3, 0.4) is 0 Å². The second-order valence-corrected chi connectivity index (χ2v) is 12.1. The highest BCUT2D eigenvalue weighted by molar-refractivity contribution is 7.15. The van der Waals surface area contributed by atoms with Crippen molar-refractivity contribution in [2.24, 2.45) is 16.7 Å². The number of carbonyl (C=O) groups excluding carboxylic acids is 2. The van der Waals surface area contributed by atoms with E-state index in [9.17, 15) is 19.8 Å². The summed E-state index contributed by atoms with van der Waals surface area (Å²) < 4.78 is 0. The van der Waals surface area contributed by atoms with E-state index in [1.807, 2.05) is 37.3 Å². The van der Waals surface area contributed by atoms with Crippen LogP contribution < -0.4 is 10.6 Å². The van der Waals surface area contributed by atoms with Crippen LogP contribution in [0.4, 0.5) is 10.8 Å². The molecule has 8 heteroatoms. The van der Waals surface area contributed by atoms with E-state index in [4.69, 9.17) is 4.98 Å². The largest absolute Gasteiger partial charge is 0.396 e. The number of nitrogens with one attached hydrogen (secondary N) is 2. The first-order valence-electron chi connectivity index (χ1n) is 13.1. The zero-order valence-electron chi connectivity index (χ0n) is 21.5. The van der Waals surface area contributed by atoms with Crippen LogP contribution in [-0.4, -0.2) is 39.7 Å². The van der Waals surface area contributed by atoms with Crippen LogP contribution in [0.1, 0.15) is 82.2 Å². The number of nitrogens with zero attached hydrogens (tertiary/aromatic N) is 1. The number of amides is 2. The third-order valence-corrected chi connectivity index (χ3v) is 9.60. The fourth-order valence-electron chi connectivity index (χ4n) is 6.34. The lowest BCUT2D eigenvalue weighted by atomic mass is 9.47. The van der Waals surface area contributed by atoms with E-state index in [2.05, 4.69) is 24.5 Å². The number of hydrogen-bond acceptors (Lipinski definition) is 6. The van der Waals surface area contributed by atoms with Crippen molar-refractivity contribution in [3.63, 3.8) is 0 Å². The number of para-hydroxylation sites is 1. The Morgan fingerprint density at radius 2 is 1.89 bits per heavy atom. The van der Waals surface area contributed by atoms with Gasteiger partial charge >= 0.3 is 0 Å². The smallest absolute Gasteiger partial charge is 0.226 e. The van der Waals surface area contributed by atoms with Gasteiger partial charge in [0.2, 0.25) is 11.8 Å². The van der Waals surface area contributed by atoms with Crippen molar-refractivity contribution in [1.29, 1.82) is 0 Å². The molecule has 2 amide bonds. The van der Waals surface area contributed by atoms with Gasteiger partial charge in [-0.15, -0.1) is 11.3 Å². The Morgan fingerprint density at radius 3 is 2.58 bits per heavy atom. The standard InChI is InChI=1S/C28H39N3O4S/c1-4-5-7-12-23(34)30-26-31-25-19(15-24(35)29-18-10-8-6-9-11-18)27(2)14-13-22(33)28(3,17-32)21(27)16-20(25)36-26/h6,8-11,19,21-22,32-33H,4-5,7,12-17H2,1-3H3,(H,29,35)(H,30,31,34). The second kappa shape index (κ2) is 11.0. The van der Waals surface area contributed by atoms with Crippen molar-refractivity contribution < 1.29 is 19.8 Å². The van der Waals surface area contributed by atoms with Crippen LogP contribution in [0.2, 0.25) is 0 Å². The lowest BCUT2D eigenvalue weighted by Gasteiger charge is -2.58. The molecule has 4 N–H and O–H groups in total. The molecule has 0 spiro atoms. The maximum absolute atomic E-state index is 13.2. The molecule has 2 aliphatic rings. The monoisotopic (exact) mass is 513 g/mol. The Labute approximate surface area is 217 Å². The third-order valence-electron chi connectivity index (χ3n) is 8.59. The average molecular weight is 514 g/mol. The Bertz CT molecular complexity index is 1070. The fraction of sp³-hybridized carbons (Fsp3) is 0.607. The maximum Gasteiger partial charge on any atom is 0.226 e. The number of benzene rings is 1.